The third-order valence-corrected chi connectivity index (χ3v) is 7.05. The highest BCUT2D eigenvalue weighted by atomic mass is 32.2. The molecule has 2 N–H and O–H groups in total. The van der Waals surface area contributed by atoms with E-state index in [1.54, 1.807) is 30.9 Å². The molecule has 0 unspecified atom stereocenters. The fourth-order valence-electron chi connectivity index (χ4n) is 3.05. The molecule has 1 fully saturated rings. The van der Waals surface area contributed by atoms with E-state index in [0.29, 0.717) is 13.1 Å². The van der Waals surface area contributed by atoms with Gasteiger partial charge in [-0.1, -0.05) is 24.0 Å². The summed E-state index contributed by atoms with van der Waals surface area (Å²) in [5.74, 6) is 5.69. The molecule has 7 nitrogen and oxygen atoms in total. The second-order valence-electron chi connectivity index (χ2n) is 7.42. The first kappa shape index (κ1) is 22.4. The highest BCUT2D eigenvalue weighted by Gasteiger charge is 2.20. The summed E-state index contributed by atoms with van der Waals surface area (Å²) in [5.41, 5.74) is 2.34. The normalized spacial score (nSPS) is 13.5. The number of anilines is 1. The van der Waals surface area contributed by atoms with E-state index in [-0.39, 0.29) is 29.8 Å². The maximum atomic E-state index is 12.1. The molecule has 0 atom stereocenters. The molecule has 2 aromatic rings. The third-order valence-electron chi connectivity index (χ3n) is 4.88. The molecular weight excluding hydrogens is 414 g/mol. The van der Waals surface area contributed by atoms with Gasteiger partial charge in [0.25, 0.3) is 0 Å². The number of amides is 3. The van der Waals surface area contributed by atoms with Gasteiger partial charge in [0.1, 0.15) is 0 Å². The Bertz CT molecular complexity index is 1110. The van der Waals surface area contributed by atoms with Crippen LogP contribution in [-0.4, -0.2) is 45.2 Å². The van der Waals surface area contributed by atoms with Gasteiger partial charge in [0.2, 0.25) is 5.91 Å². The number of rotatable bonds is 6. The van der Waals surface area contributed by atoms with Gasteiger partial charge in [0.05, 0.1) is 23.1 Å². The Morgan fingerprint density at radius 2 is 1.81 bits per heavy atom. The Kier molecular flexibility index (Phi) is 6.98. The summed E-state index contributed by atoms with van der Waals surface area (Å²) in [4.78, 5) is 25.7. The van der Waals surface area contributed by atoms with Gasteiger partial charge in [-0.05, 0) is 55.8 Å². The van der Waals surface area contributed by atoms with E-state index in [9.17, 15) is 18.0 Å². The second-order valence-corrected chi connectivity index (χ2v) is 9.93. The van der Waals surface area contributed by atoms with Crippen LogP contribution in [0.15, 0.2) is 53.4 Å². The fourth-order valence-corrected chi connectivity index (χ4v) is 4.11. The molecule has 0 aromatic heterocycles. The number of hydrogen-bond donors (Lipinski definition) is 2. The number of nitrogens with zero attached hydrogens (tertiary/aromatic N) is 1. The average molecular weight is 440 g/mol. The summed E-state index contributed by atoms with van der Waals surface area (Å²) in [6.07, 6.45) is 0.149. The molecule has 0 saturated carbocycles. The van der Waals surface area contributed by atoms with Crippen LogP contribution < -0.4 is 15.5 Å². The zero-order valence-electron chi connectivity index (χ0n) is 17.5. The first-order chi connectivity index (χ1) is 14.8. The topological polar surface area (TPSA) is 95.6 Å². The van der Waals surface area contributed by atoms with Gasteiger partial charge in [-0.2, -0.15) is 0 Å². The quantitative estimate of drug-likeness (QED) is 0.674. The van der Waals surface area contributed by atoms with Crippen molar-refractivity contribution < 1.29 is 18.0 Å². The minimum atomic E-state index is -3.32. The van der Waals surface area contributed by atoms with Crippen molar-refractivity contribution in [1.82, 2.24) is 10.6 Å². The van der Waals surface area contributed by atoms with Crippen molar-refractivity contribution in [3.05, 3.63) is 59.7 Å². The summed E-state index contributed by atoms with van der Waals surface area (Å²) in [6, 6.07) is 13.6. The molecule has 0 aliphatic carbocycles. The van der Waals surface area contributed by atoms with Crippen LogP contribution in [0, 0.1) is 11.8 Å². The van der Waals surface area contributed by atoms with Crippen molar-refractivity contribution in [2.45, 2.75) is 30.4 Å². The van der Waals surface area contributed by atoms with E-state index < -0.39 is 15.1 Å². The van der Waals surface area contributed by atoms with Gasteiger partial charge < -0.3 is 10.6 Å². The molecule has 31 heavy (non-hydrogen) atoms. The molecule has 0 spiro atoms. The molecule has 1 aliphatic rings. The number of benzene rings is 2. The number of nitrogens with one attached hydrogen (secondary N) is 2. The monoisotopic (exact) mass is 439 g/mol. The maximum absolute atomic E-state index is 12.1. The van der Waals surface area contributed by atoms with Gasteiger partial charge in [-0.25, -0.2) is 13.2 Å². The largest absolute Gasteiger partial charge is 0.345 e. The van der Waals surface area contributed by atoms with Gasteiger partial charge >= 0.3 is 6.03 Å². The predicted octanol–water partition coefficient (Wildman–Crippen LogP) is 2.11. The molecule has 1 heterocycles. The first-order valence-corrected chi connectivity index (χ1v) is 11.6. The molecule has 0 bridgehead atoms. The van der Waals surface area contributed by atoms with Crippen LogP contribution in [0.25, 0.3) is 0 Å². The van der Waals surface area contributed by atoms with Crippen LogP contribution in [0.1, 0.15) is 25.0 Å². The lowest BCUT2D eigenvalue weighted by atomic mass is 10.1. The zero-order valence-corrected chi connectivity index (χ0v) is 18.3. The zero-order chi connectivity index (χ0) is 22.4. The fraction of sp³-hybridized carbons (Fsp3) is 0.304. The minimum absolute atomic E-state index is 0.0993. The molecule has 162 valence electrons. The highest BCUT2D eigenvalue weighted by Crippen LogP contribution is 2.17. The van der Waals surface area contributed by atoms with Crippen molar-refractivity contribution in [1.29, 1.82) is 0 Å². The average Bonchev–Trinajstić information content (AvgIpc) is 3.18. The first-order valence-electron chi connectivity index (χ1n) is 10.0. The number of hydrogen-bond acceptors (Lipinski definition) is 4. The second kappa shape index (κ2) is 9.67. The maximum Gasteiger partial charge on any atom is 0.321 e. The summed E-state index contributed by atoms with van der Waals surface area (Å²) < 4.78 is 24.3. The Labute approximate surface area is 182 Å². The van der Waals surface area contributed by atoms with E-state index in [4.69, 9.17) is 0 Å². The van der Waals surface area contributed by atoms with Crippen LogP contribution in [0.5, 0.6) is 0 Å². The molecule has 1 saturated heterocycles. The molecular formula is C23H25N3O4S. The lowest BCUT2D eigenvalue weighted by molar-refractivity contribution is -0.120. The van der Waals surface area contributed by atoms with E-state index in [0.717, 1.165) is 16.8 Å². The number of sulfone groups is 1. The van der Waals surface area contributed by atoms with E-state index >= 15 is 0 Å². The Hall–Kier alpha value is -3.31. The highest BCUT2D eigenvalue weighted by molar-refractivity contribution is 7.92. The van der Waals surface area contributed by atoms with Crippen LogP contribution in [0.2, 0.25) is 0 Å². The molecule has 1 aliphatic heterocycles. The Morgan fingerprint density at radius 3 is 2.39 bits per heavy atom. The number of carbonyl (C=O) groups excluding carboxylic acids is 2. The summed E-state index contributed by atoms with van der Waals surface area (Å²) in [7, 11) is -3.32. The summed E-state index contributed by atoms with van der Waals surface area (Å²) >= 11 is 0. The molecule has 3 amide bonds. The third kappa shape index (κ3) is 5.64. The smallest absolute Gasteiger partial charge is 0.321 e. The lowest BCUT2D eigenvalue weighted by Crippen LogP contribution is -2.27. The standard InChI is InChI=1S/C23H25N3O4S/c1-17(2)31(29,30)21-11-7-19(8-12-21)16-22(27)24-13-3-4-18-5-9-20(10-6-18)26-15-14-25-23(26)28/h5-12,17H,13-16H2,1-2H3,(H,24,27)(H,25,28). The molecule has 0 radical (unpaired) electrons. The van der Waals surface area contributed by atoms with Crippen LogP contribution >= 0.6 is 0 Å². The van der Waals surface area contributed by atoms with Crippen molar-refractivity contribution in [2.24, 2.45) is 0 Å². The minimum Gasteiger partial charge on any atom is -0.345 e. The lowest BCUT2D eigenvalue weighted by Gasteiger charge is -2.13. The van der Waals surface area contributed by atoms with E-state index in [1.807, 2.05) is 24.3 Å². The van der Waals surface area contributed by atoms with Crippen molar-refractivity contribution >= 4 is 27.5 Å². The van der Waals surface area contributed by atoms with Gasteiger partial charge in [0, 0.05) is 24.3 Å². The number of urea groups is 1. The molecule has 3 rings (SSSR count). The van der Waals surface area contributed by atoms with Crippen LogP contribution in [0.4, 0.5) is 10.5 Å². The van der Waals surface area contributed by atoms with Crippen molar-refractivity contribution in [2.75, 3.05) is 24.5 Å². The van der Waals surface area contributed by atoms with Gasteiger partial charge in [-0.3, -0.25) is 9.69 Å². The van der Waals surface area contributed by atoms with E-state index in [2.05, 4.69) is 22.5 Å². The van der Waals surface area contributed by atoms with Crippen LogP contribution in [-0.2, 0) is 21.1 Å². The van der Waals surface area contributed by atoms with Gasteiger partial charge in [0.15, 0.2) is 9.84 Å². The van der Waals surface area contributed by atoms with Crippen molar-refractivity contribution in [3.63, 3.8) is 0 Å². The summed E-state index contributed by atoms with van der Waals surface area (Å²) in [6.45, 7) is 4.76. The Morgan fingerprint density at radius 1 is 1.13 bits per heavy atom. The molecule has 2 aromatic carbocycles. The predicted molar refractivity (Wildman–Crippen MR) is 120 cm³/mol. The molecule has 8 heteroatoms. The Balaban J connectivity index is 1.49. The van der Waals surface area contributed by atoms with Gasteiger partial charge in [-0.15, -0.1) is 0 Å². The van der Waals surface area contributed by atoms with E-state index in [1.165, 1.54) is 12.1 Å². The summed E-state index contributed by atoms with van der Waals surface area (Å²) in [5, 5.41) is 5.00. The van der Waals surface area contributed by atoms with Crippen molar-refractivity contribution in [3.8, 4) is 11.8 Å². The number of carbonyl (C=O) groups is 2. The van der Waals surface area contributed by atoms with Crippen LogP contribution in [0.3, 0.4) is 0 Å². The SMILES string of the molecule is CC(C)S(=O)(=O)c1ccc(CC(=O)NCC#Cc2ccc(N3CCNC3=O)cc2)cc1.